The monoisotopic (exact) mass is 525 g/mol. The molecule has 3 rings (SSSR count). The molecule has 1 fully saturated rings. The Kier molecular flexibility index (Phi) is 9.40. The van der Waals surface area contributed by atoms with E-state index in [4.69, 9.17) is 33.7 Å². The Morgan fingerprint density at radius 3 is 1.74 bits per heavy atom. The van der Waals surface area contributed by atoms with Crippen LogP contribution in [0, 0.1) is 11.3 Å². The third-order valence-corrected chi connectivity index (χ3v) is 5.40. The van der Waals surface area contributed by atoms with Gasteiger partial charge < -0.3 is 28.4 Å². The maximum absolute atomic E-state index is 11.9. The second-order valence-electron chi connectivity index (χ2n) is 8.40. The van der Waals surface area contributed by atoms with Crippen LogP contribution in [0.15, 0.2) is 48.5 Å². The summed E-state index contributed by atoms with van der Waals surface area (Å²) >= 11 is 0. The lowest BCUT2D eigenvalue weighted by atomic mass is 9.98. The zero-order valence-corrected chi connectivity index (χ0v) is 21.2. The third-order valence-electron chi connectivity index (χ3n) is 5.40. The van der Waals surface area contributed by atoms with E-state index in [9.17, 15) is 19.2 Å². The molecule has 11 heteroatoms. The predicted octanol–water partition coefficient (Wildman–Crippen LogP) is 2.69. The van der Waals surface area contributed by atoms with Gasteiger partial charge in [-0.1, -0.05) is 24.3 Å². The van der Waals surface area contributed by atoms with E-state index < -0.39 is 54.6 Å². The first-order valence-electron chi connectivity index (χ1n) is 11.6. The first kappa shape index (κ1) is 28.1. The van der Waals surface area contributed by atoms with Crippen molar-refractivity contribution >= 4 is 23.9 Å². The summed E-state index contributed by atoms with van der Waals surface area (Å²) in [6.07, 6.45) is -6.35. The van der Waals surface area contributed by atoms with Crippen molar-refractivity contribution in [3.8, 4) is 22.9 Å². The molecule has 38 heavy (non-hydrogen) atoms. The van der Waals surface area contributed by atoms with Crippen LogP contribution in [0.5, 0.6) is 5.75 Å². The minimum absolute atomic E-state index is 0.322. The summed E-state index contributed by atoms with van der Waals surface area (Å²) in [5, 5.41) is 8.99. The molecule has 0 bridgehead atoms. The maximum atomic E-state index is 11.9. The molecule has 5 atom stereocenters. The second kappa shape index (κ2) is 12.7. The minimum atomic E-state index is -1.33. The van der Waals surface area contributed by atoms with Gasteiger partial charge in [-0.2, -0.15) is 5.26 Å². The Bertz CT molecular complexity index is 1200. The van der Waals surface area contributed by atoms with E-state index in [1.54, 1.807) is 36.4 Å². The molecule has 0 saturated carbocycles. The summed E-state index contributed by atoms with van der Waals surface area (Å²) in [7, 11) is 0. The van der Waals surface area contributed by atoms with Gasteiger partial charge >= 0.3 is 23.9 Å². The van der Waals surface area contributed by atoms with Crippen molar-refractivity contribution < 1.29 is 47.6 Å². The molecule has 0 N–H and O–H groups in total. The fourth-order valence-electron chi connectivity index (χ4n) is 3.88. The molecule has 1 aliphatic rings. The van der Waals surface area contributed by atoms with Crippen molar-refractivity contribution in [3.63, 3.8) is 0 Å². The summed E-state index contributed by atoms with van der Waals surface area (Å²) in [5.41, 5.74) is 2.27. The van der Waals surface area contributed by atoms with Crippen LogP contribution in [0.1, 0.15) is 33.3 Å². The molecule has 0 aromatic heterocycles. The fraction of sp³-hybridized carbons (Fsp3) is 0.370. The molecule has 2 aromatic carbocycles. The van der Waals surface area contributed by atoms with Gasteiger partial charge in [-0.15, -0.1) is 0 Å². The van der Waals surface area contributed by atoms with E-state index in [1.807, 2.05) is 12.1 Å². The summed E-state index contributed by atoms with van der Waals surface area (Å²) in [4.78, 5) is 47.2. The number of rotatable bonds is 8. The fourth-order valence-corrected chi connectivity index (χ4v) is 3.88. The molecule has 0 amide bonds. The average molecular weight is 526 g/mol. The molecule has 11 nitrogen and oxygen atoms in total. The van der Waals surface area contributed by atoms with Crippen LogP contribution in [0.25, 0.3) is 11.1 Å². The highest BCUT2D eigenvalue weighted by Crippen LogP contribution is 2.32. The Hall–Kier alpha value is -4.43. The van der Waals surface area contributed by atoms with Gasteiger partial charge in [0.1, 0.15) is 18.5 Å². The molecule has 1 aliphatic heterocycles. The van der Waals surface area contributed by atoms with E-state index >= 15 is 0 Å². The van der Waals surface area contributed by atoms with Crippen LogP contribution < -0.4 is 4.74 Å². The van der Waals surface area contributed by atoms with Crippen molar-refractivity contribution in [2.75, 3.05) is 6.61 Å². The number of nitrogens with zero attached hydrogens (tertiary/aromatic N) is 1. The quantitative estimate of drug-likeness (QED) is 0.370. The highest BCUT2D eigenvalue weighted by atomic mass is 16.7. The predicted molar refractivity (Wildman–Crippen MR) is 129 cm³/mol. The van der Waals surface area contributed by atoms with Crippen molar-refractivity contribution in [2.45, 2.75) is 58.4 Å². The van der Waals surface area contributed by atoms with Crippen molar-refractivity contribution in [1.29, 1.82) is 5.26 Å². The smallest absolute Gasteiger partial charge is 0.303 e. The number of hydrogen-bond acceptors (Lipinski definition) is 11. The van der Waals surface area contributed by atoms with Crippen LogP contribution >= 0.6 is 0 Å². The number of benzene rings is 2. The number of ether oxygens (including phenoxy) is 6. The average Bonchev–Trinajstić information content (AvgIpc) is 2.86. The van der Waals surface area contributed by atoms with Crippen LogP contribution in [0.2, 0.25) is 0 Å². The molecule has 2 aromatic rings. The standard InChI is InChI=1S/C27H27NO10/c1-15(29)33-14-23-24(34-16(2)30)25(35-17(3)31)26(36-18(4)32)27(38-23)37-22-11-9-21(10-12-22)20-7-5-19(13-28)6-8-20/h5-12,23-27H,14H2,1-4H3/t23-,24-,25+,26+,27-/m1/s1. The van der Waals surface area contributed by atoms with E-state index in [1.165, 1.54) is 6.92 Å². The summed E-state index contributed by atoms with van der Waals surface area (Å²) in [6, 6.07) is 16.0. The van der Waals surface area contributed by atoms with E-state index in [2.05, 4.69) is 6.07 Å². The van der Waals surface area contributed by atoms with E-state index in [0.29, 0.717) is 11.3 Å². The number of hydrogen-bond donors (Lipinski definition) is 0. The van der Waals surface area contributed by atoms with Gasteiger partial charge in [0.25, 0.3) is 0 Å². The van der Waals surface area contributed by atoms with Crippen molar-refractivity contribution in [3.05, 3.63) is 54.1 Å². The maximum Gasteiger partial charge on any atom is 0.303 e. The summed E-state index contributed by atoms with van der Waals surface area (Å²) < 4.78 is 33.1. The topological polar surface area (TPSA) is 147 Å². The Morgan fingerprint density at radius 1 is 0.737 bits per heavy atom. The minimum Gasteiger partial charge on any atom is -0.463 e. The lowest BCUT2D eigenvalue weighted by Gasteiger charge is -2.43. The molecule has 1 heterocycles. The summed E-state index contributed by atoms with van der Waals surface area (Å²) in [5.74, 6) is -2.47. The van der Waals surface area contributed by atoms with Crippen LogP contribution in [0.4, 0.5) is 0 Å². The summed E-state index contributed by atoms with van der Waals surface area (Å²) in [6.45, 7) is 4.28. The molecule has 0 aliphatic carbocycles. The molecule has 0 radical (unpaired) electrons. The van der Waals surface area contributed by atoms with Crippen LogP contribution in [-0.2, 0) is 42.9 Å². The first-order chi connectivity index (χ1) is 18.1. The van der Waals surface area contributed by atoms with Crippen molar-refractivity contribution in [2.24, 2.45) is 0 Å². The molecule has 1 saturated heterocycles. The largest absolute Gasteiger partial charge is 0.463 e. The molecular weight excluding hydrogens is 498 g/mol. The Morgan fingerprint density at radius 2 is 1.24 bits per heavy atom. The lowest BCUT2D eigenvalue weighted by Crippen LogP contribution is -2.63. The Balaban J connectivity index is 1.91. The van der Waals surface area contributed by atoms with Gasteiger partial charge in [-0.05, 0) is 35.4 Å². The zero-order valence-electron chi connectivity index (χ0n) is 21.2. The van der Waals surface area contributed by atoms with Gasteiger partial charge in [-0.25, -0.2) is 0 Å². The van der Waals surface area contributed by atoms with Crippen LogP contribution in [0.3, 0.4) is 0 Å². The SMILES string of the molecule is CC(=O)OC[C@H]1O[C@@H](Oc2ccc(-c3ccc(C#N)cc3)cc2)[C@@H](OC(C)=O)[C@@H](OC(C)=O)[C@@H]1OC(C)=O. The van der Waals surface area contributed by atoms with Crippen molar-refractivity contribution in [1.82, 2.24) is 0 Å². The van der Waals surface area contributed by atoms with Gasteiger partial charge in [0.2, 0.25) is 12.4 Å². The number of nitriles is 1. The normalized spacial score (nSPS) is 22.3. The van der Waals surface area contributed by atoms with E-state index in [0.717, 1.165) is 31.9 Å². The molecule has 200 valence electrons. The zero-order chi connectivity index (χ0) is 27.8. The van der Waals surface area contributed by atoms with Crippen LogP contribution in [-0.4, -0.2) is 61.2 Å². The Labute approximate surface area is 219 Å². The van der Waals surface area contributed by atoms with E-state index in [-0.39, 0.29) is 6.61 Å². The van der Waals surface area contributed by atoms with Gasteiger partial charge in [-0.3, -0.25) is 19.2 Å². The second-order valence-corrected chi connectivity index (χ2v) is 8.40. The highest BCUT2D eigenvalue weighted by molar-refractivity contribution is 5.69. The lowest BCUT2D eigenvalue weighted by molar-refractivity contribution is -0.288. The molecule has 0 unspecified atom stereocenters. The molecular formula is C27H27NO10. The van der Waals surface area contributed by atoms with Gasteiger partial charge in [0.05, 0.1) is 11.6 Å². The van der Waals surface area contributed by atoms with Gasteiger partial charge in [0, 0.05) is 27.7 Å². The van der Waals surface area contributed by atoms with Gasteiger partial charge in [0.15, 0.2) is 12.2 Å². The number of carbonyl (C=O) groups is 4. The third kappa shape index (κ3) is 7.54. The highest BCUT2D eigenvalue weighted by Gasteiger charge is 2.53. The number of carbonyl (C=O) groups excluding carboxylic acids is 4. The number of esters is 4. The first-order valence-corrected chi connectivity index (χ1v) is 11.6. The molecule has 0 spiro atoms.